The lowest BCUT2D eigenvalue weighted by atomic mass is 10.1. The quantitative estimate of drug-likeness (QED) is 0.259. The van der Waals surface area contributed by atoms with Crippen molar-refractivity contribution in [1.82, 2.24) is 24.9 Å². The fourth-order valence-electron chi connectivity index (χ4n) is 4.03. The minimum atomic E-state index is -4.52. The summed E-state index contributed by atoms with van der Waals surface area (Å²) in [6.07, 6.45) is 2.71. The first-order valence-corrected chi connectivity index (χ1v) is 13.1. The van der Waals surface area contributed by atoms with Gasteiger partial charge in [-0.15, -0.1) is 5.10 Å². The highest BCUT2D eigenvalue weighted by Gasteiger charge is 2.31. The molecule has 0 bridgehead atoms. The third-order valence-corrected chi connectivity index (χ3v) is 6.27. The summed E-state index contributed by atoms with van der Waals surface area (Å²) in [7, 11) is 5.44. The molecule has 0 aliphatic rings. The van der Waals surface area contributed by atoms with E-state index in [0.29, 0.717) is 17.1 Å². The number of amides is 2. The summed E-state index contributed by atoms with van der Waals surface area (Å²) in [5.74, 6) is -0.578. The first kappa shape index (κ1) is 30.1. The van der Waals surface area contributed by atoms with Crippen molar-refractivity contribution in [3.63, 3.8) is 0 Å². The fourth-order valence-corrected chi connectivity index (χ4v) is 4.03. The van der Waals surface area contributed by atoms with E-state index >= 15 is 0 Å². The van der Waals surface area contributed by atoms with Crippen LogP contribution in [0.2, 0.25) is 0 Å². The van der Waals surface area contributed by atoms with Crippen LogP contribution in [-0.2, 0) is 17.5 Å². The maximum Gasteiger partial charge on any atom is 0.416 e. The Hall–Kier alpha value is -4.84. The highest BCUT2D eigenvalue weighted by atomic mass is 19.4. The van der Waals surface area contributed by atoms with Crippen molar-refractivity contribution in [2.75, 3.05) is 37.9 Å². The zero-order valence-electron chi connectivity index (χ0n) is 23.3. The second-order valence-corrected chi connectivity index (χ2v) is 9.82. The lowest BCUT2D eigenvalue weighted by molar-refractivity contribution is -0.137. The predicted octanol–water partition coefficient (Wildman–Crippen LogP) is 5.24. The van der Waals surface area contributed by atoms with Gasteiger partial charge in [0.05, 0.1) is 11.8 Å². The largest absolute Gasteiger partial charge is 0.416 e. The van der Waals surface area contributed by atoms with Crippen LogP contribution in [0.5, 0.6) is 0 Å². The highest BCUT2D eigenvalue weighted by Crippen LogP contribution is 2.31. The van der Waals surface area contributed by atoms with Crippen molar-refractivity contribution >= 4 is 29.4 Å². The highest BCUT2D eigenvalue weighted by molar-refractivity contribution is 6.06. The zero-order chi connectivity index (χ0) is 30.3. The first-order valence-electron chi connectivity index (χ1n) is 13.1. The summed E-state index contributed by atoms with van der Waals surface area (Å²) < 4.78 is 41.0. The van der Waals surface area contributed by atoms with Crippen LogP contribution in [0.15, 0.2) is 79.1 Å². The number of benzene rings is 2. The third-order valence-electron chi connectivity index (χ3n) is 6.27. The number of anilines is 2. The van der Waals surface area contributed by atoms with E-state index in [9.17, 15) is 22.8 Å². The van der Waals surface area contributed by atoms with Gasteiger partial charge in [-0.2, -0.15) is 13.2 Å². The number of carbonyl (C=O) groups excluding carboxylic acids is 2. The van der Waals surface area contributed by atoms with Gasteiger partial charge in [0.15, 0.2) is 0 Å². The lowest BCUT2D eigenvalue weighted by Gasteiger charge is -2.19. The Kier molecular flexibility index (Phi) is 9.48. The van der Waals surface area contributed by atoms with Gasteiger partial charge in [-0.05, 0) is 81.2 Å². The van der Waals surface area contributed by atoms with E-state index in [4.69, 9.17) is 0 Å². The zero-order valence-corrected chi connectivity index (χ0v) is 23.3. The van der Waals surface area contributed by atoms with Crippen LogP contribution in [-0.4, -0.2) is 64.4 Å². The van der Waals surface area contributed by atoms with Crippen LogP contribution in [0.1, 0.15) is 27.9 Å². The molecule has 4 aromatic rings. The lowest BCUT2D eigenvalue weighted by Crippen LogP contribution is -2.26. The van der Waals surface area contributed by atoms with Crippen molar-refractivity contribution in [2.24, 2.45) is 0 Å². The number of alkyl halides is 3. The number of carbonyl (C=O) groups is 2. The maximum atomic E-state index is 13.1. The van der Waals surface area contributed by atoms with E-state index in [1.165, 1.54) is 31.3 Å². The predicted molar refractivity (Wildman–Crippen MR) is 155 cm³/mol. The topological polar surface area (TPSA) is 96.2 Å². The van der Waals surface area contributed by atoms with E-state index in [1.54, 1.807) is 47.3 Å². The van der Waals surface area contributed by atoms with Gasteiger partial charge in [0.25, 0.3) is 5.91 Å². The van der Waals surface area contributed by atoms with Crippen LogP contribution in [0.3, 0.4) is 0 Å². The SMILES string of the molecule is CN(C)CCCn1cc(-c2ccc(NC(=O)/C=C/c3cccc(C(=O)N(C)c4cccc(C(F)(F)F)c4)c3)nc2)nn1. The minimum absolute atomic E-state index is 0.110. The number of hydrogen-bond acceptors (Lipinski definition) is 6. The molecule has 2 aromatic carbocycles. The third kappa shape index (κ3) is 8.10. The molecule has 0 saturated carbocycles. The average molecular weight is 578 g/mol. The number of rotatable bonds is 10. The molecule has 0 spiro atoms. The van der Waals surface area contributed by atoms with Gasteiger partial charge in [-0.3, -0.25) is 14.3 Å². The molecular formula is C30H30F3N7O2. The van der Waals surface area contributed by atoms with Gasteiger partial charge in [-0.25, -0.2) is 4.98 Å². The maximum absolute atomic E-state index is 13.1. The van der Waals surface area contributed by atoms with Gasteiger partial charge < -0.3 is 15.1 Å². The Balaban J connectivity index is 1.35. The van der Waals surface area contributed by atoms with E-state index in [-0.39, 0.29) is 11.3 Å². The standard InChI is InChI=1S/C30H30F3N7O2/c1-38(2)15-6-16-40-20-26(36-37-40)23-12-13-27(34-19-23)35-28(41)14-11-21-7-4-8-22(17-21)29(42)39(3)25-10-5-9-24(18-25)30(31,32)33/h4-5,7-14,17-20H,6,15-16H2,1-3H3,(H,34,35,41)/b14-11+. The van der Waals surface area contributed by atoms with Crippen LogP contribution >= 0.6 is 0 Å². The Morgan fingerprint density at radius 3 is 2.52 bits per heavy atom. The molecule has 2 heterocycles. The Morgan fingerprint density at radius 1 is 1.02 bits per heavy atom. The molecule has 0 atom stereocenters. The van der Waals surface area contributed by atoms with Crippen molar-refractivity contribution in [3.8, 4) is 11.3 Å². The van der Waals surface area contributed by atoms with Crippen LogP contribution in [0.4, 0.5) is 24.7 Å². The van der Waals surface area contributed by atoms with Crippen molar-refractivity contribution in [3.05, 3.63) is 95.8 Å². The molecular weight excluding hydrogens is 547 g/mol. The van der Waals surface area contributed by atoms with Crippen LogP contribution < -0.4 is 10.2 Å². The first-order chi connectivity index (χ1) is 20.0. The van der Waals surface area contributed by atoms with E-state index in [1.807, 2.05) is 20.3 Å². The number of aryl methyl sites for hydroxylation is 1. The van der Waals surface area contributed by atoms with Crippen molar-refractivity contribution in [1.29, 1.82) is 0 Å². The number of nitrogens with one attached hydrogen (secondary N) is 1. The molecule has 0 radical (unpaired) electrons. The number of aromatic nitrogens is 4. The molecule has 0 aliphatic carbocycles. The molecule has 1 N–H and O–H groups in total. The molecule has 4 rings (SSSR count). The van der Waals surface area contributed by atoms with E-state index in [2.05, 4.69) is 25.5 Å². The van der Waals surface area contributed by atoms with Gasteiger partial charge >= 0.3 is 6.18 Å². The van der Waals surface area contributed by atoms with Crippen LogP contribution in [0, 0.1) is 0 Å². The molecule has 0 fully saturated rings. The second kappa shape index (κ2) is 13.2. The monoisotopic (exact) mass is 577 g/mol. The smallest absolute Gasteiger partial charge is 0.311 e. The Bertz CT molecular complexity index is 1560. The number of nitrogens with zero attached hydrogens (tertiary/aromatic N) is 6. The number of hydrogen-bond donors (Lipinski definition) is 1. The summed E-state index contributed by atoms with van der Waals surface area (Å²) in [5, 5.41) is 11.0. The molecule has 9 nitrogen and oxygen atoms in total. The van der Waals surface area contributed by atoms with E-state index < -0.39 is 23.6 Å². The molecule has 0 aliphatic heterocycles. The summed E-state index contributed by atoms with van der Waals surface area (Å²) >= 11 is 0. The minimum Gasteiger partial charge on any atom is -0.311 e. The summed E-state index contributed by atoms with van der Waals surface area (Å²) in [4.78, 5) is 33.0. The Morgan fingerprint density at radius 2 is 1.81 bits per heavy atom. The van der Waals surface area contributed by atoms with Gasteiger partial charge in [0, 0.05) is 42.7 Å². The van der Waals surface area contributed by atoms with Crippen molar-refractivity contribution < 1.29 is 22.8 Å². The van der Waals surface area contributed by atoms with Gasteiger partial charge in [0.1, 0.15) is 11.5 Å². The van der Waals surface area contributed by atoms with Gasteiger partial charge in [-0.1, -0.05) is 23.4 Å². The molecule has 218 valence electrons. The summed E-state index contributed by atoms with van der Waals surface area (Å²) in [6, 6.07) is 14.4. The Labute approximate surface area is 241 Å². The normalized spacial score (nSPS) is 11.7. The van der Waals surface area contributed by atoms with E-state index in [0.717, 1.165) is 42.1 Å². The second-order valence-electron chi connectivity index (χ2n) is 9.82. The summed E-state index contributed by atoms with van der Waals surface area (Å²) in [6.45, 7) is 1.70. The molecule has 42 heavy (non-hydrogen) atoms. The van der Waals surface area contributed by atoms with Crippen molar-refractivity contribution in [2.45, 2.75) is 19.1 Å². The molecule has 2 amide bonds. The average Bonchev–Trinajstić information content (AvgIpc) is 3.44. The number of halogens is 3. The molecule has 2 aromatic heterocycles. The molecule has 0 saturated heterocycles. The fraction of sp³-hybridized carbons (Fsp3) is 0.233. The molecule has 12 heteroatoms. The number of pyridine rings is 1. The van der Waals surface area contributed by atoms with Gasteiger partial charge in [0.2, 0.25) is 5.91 Å². The summed E-state index contributed by atoms with van der Waals surface area (Å²) in [5.41, 5.74) is 1.52. The molecule has 0 unspecified atom stereocenters. The van der Waals surface area contributed by atoms with Crippen LogP contribution in [0.25, 0.3) is 17.3 Å².